The van der Waals surface area contributed by atoms with Gasteiger partial charge in [-0.05, 0) is 24.5 Å². The zero-order valence-electron chi connectivity index (χ0n) is 11.0. The van der Waals surface area contributed by atoms with Gasteiger partial charge in [0.05, 0.1) is 30.3 Å². The van der Waals surface area contributed by atoms with Crippen molar-refractivity contribution in [2.75, 3.05) is 12.9 Å². The smallest absolute Gasteiger partial charge is 0.117 e. The fourth-order valence-corrected chi connectivity index (χ4v) is 2.86. The zero-order valence-corrected chi connectivity index (χ0v) is 11.8. The predicted octanol–water partition coefficient (Wildman–Crippen LogP) is 1.66. The molecule has 2 aromatic heterocycles. The fourth-order valence-electron chi connectivity index (χ4n) is 2.32. The molecule has 0 spiro atoms. The Kier molecular flexibility index (Phi) is 3.60. The number of aliphatic hydroxyl groups is 2. The van der Waals surface area contributed by atoms with Crippen LogP contribution < -0.4 is 0 Å². The third-order valence-corrected chi connectivity index (χ3v) is 4.01. The lowest BCUT2D eigenvalue weighted by Gasteiger charge is -2.10. The summed E-state index contributed by atoms with van der Waals surface area (Å²) in [6, 6.07) is 6.06. The number of benzene rings is 1. The Balaban J connectivity index is 2.17. The van der Waals surface area contributed by atoms with Gasteiger partial charge in [-0.2, -0.15) is 0 Å². The molecule has 6 heteroatoms. The first-order chi connectivity index (χ1) is 9.72. The van der Waals surface area contributed by atoms with Crippen LogP contribution in [0.3, 0.4) is 0 Å². The van der Waals surface area contributed by atoms with Crippen LogP contribution in [0.4, 0.5) is 0 Å². The summed E-state index contributed by atoms with van der Waals surface area (Å²) >= 11 is 1.60. The first-order valence-electron chi connectivity index (χ1n) is 6.29. The van der Waals surface area contributed by atoms with Crippen LogP contribution in [0.5, 0.6) is 0 Å². The van der Waals surface area contributed by atoms with Crippen molar-refractivity contribution in [3.05, 3.63) is 30.7 Å². The SMILES string of the molecule is CSc1ncnc2cc3c(ccn3CC(O)CO)cc12. The highest BCUT2D eigenvalue weighted by Gasteiger charge is 2.10. The molecule has 2 heterocycles. The number of aliphatic hydroxyl groups excluding tert-OH is 2. The van der Waals surface area contributed by atoms with Gasteiger partial charge in [-0.1, -0.05) is 0 Å². The van der Waals surface area contributed by atoms with Crippen molar-refractivity contribution in [3.63, 3.8) is 0 Å². The van der Waals surface area contributed by atoms with E-state index in [9.17, 15) is 5.11 Å². The Morgan fingerprint density at radius 1 is 1.35 bits per heavy atom. The third-order valence-electron chi connectivity index (χ3n) is 3.30. The van der Waals surface area contributed by atoms with Crippen LogP contribution in [-0.2, 0) is 6.54 Å². The molecule has 0 saturated heterocycles. The molecule has 1 unspecified atom stereocenters. The molecule has 0 saturated carbocycles. The summed E-state index contributed by atoms with van der Waals surface area (Å²) < 4.78 is 1.93. The number of fused-ring (bicyclic) bond motifs is 2. The fraction of sp³-hybridized carbons (Fsp3) is 0.286. The first-order valence-corrected chi connectivity index (χ1v) is 7.52. The lowest BCUT2D eigenvalue weighted by atomic mass is 10.2. The number of nitrogens with zero attached hydrogens (tertiary/aromatic N) is 3. The molecule has 0 aliphatic heterocycles. The van der Waals surface area contributed by atoms with Gasteiger partial charge in [0.25, 0.3) is 0 Å². The molecule has 0 radical (unpaired) electrons. The molecule has 3 rings (SSSR count). The van der Waals surface area contributed by atoms with Gasteiger partial charge in [0, 0.05) is 17.0 Å². The summed E-state index contributed by atoms with van der Waals surface area (Å²) in [5, 5.41) is 21.6. The Bertz CT molecular complexity index is 757. The van der Waals surface area contributed by atoms with Crippen LogP contribution >= 0.6 is 11.8 Å². The summed E-state index contributed by atoms with van der Waals surface area (Å²) in [5.74, 6) is 0. The summed E-state index contributed by atoms with van der Waals surface area (Å²) in [7, 11) is 0. The molecule has 0 aliphatic rings. The molecule has 2 N–H and O–H groups in total. The Hall–Kier alpha value is -1.63. The van der Waals surface area contributed by atoms with Crippen LogP contribution in [0, 0.1) is 0 Å². The van der Waals surface area contributed by atoms with Gasteiger partial charge in [-0.25, -0.2) is 9.97 Å². The van der Waals surface area contributed by atoms with E-state index in [0.29, 0.717) is 6.54 Å². The molecule has 0 amide bonds. The van der Waals surface area contributed by atoms with Crippen LogP contribution in [0.25, 0.3) is 21.8 Å². The van der Waals surface area contributed by atoms with Gasteiger partial charge in [0.2, 0.25) is 0 Å². The van der Waals surface area contributed by atoms with E-state index in [1.165, 1.54) is 0 Å². The molecular weight excluding hydrogens is 274 g/mol. The second kappa shape index (κ2) is 5.40. The third kappa shape index (κ3) is 2.26. The number of hydrogen-bond donors (Lipinski definition) is 2. The van der Waals surface area contributed by atoms with Crippen molar-refractivity contribution < 1.29 is 10.2 Å². The van der Waals surface area contributed by atoms with E-state index < -0.39 is 6.10 Å². The largest absolute Gasteiger partial charge is 0.394 e. The lowest BCUT2D eigenvalue weighted by Crippen LogP contribution is -2.19. The highest BCUT2D eigenvalue weighted by molar-refractivity contribution is 7.98. The molecule has 3 aromatic rings. The molecule has 20 heavy (non-hydrogen) atoms. The van der Waals surface area contributed by atoms with E-state index >= 15 is 0 Å². The predicted molar refractivity (Wildman–Crippen MR) is 79.9 cm³/mol. The van der Waals surface area contributed by atoms with Gasteiger partial charge in [-0.3, -0.25) is 0 Å². The quantitative estimate of drug-likeness (QED) is 0.564. The monoisotopic (exact) mass is 289 g/mol. The van der Waals surface area contributed by atoms with Crippen molar-refractivity contribution in [2.45, 2.75) is 17.7 Å². The Labute approximate surface area is 120 Å². The summed E-state index contributed by atoms with van der Waals surface area (Å²) in [6.45, 7) is 0.123. The highest BCUT2D eigenvalue weighted by atomic mass is 32.2. The molecule has 0 fully saturated rings. The van der Waals surface area contributed by atoms with E-state index in [-0.39, 0.29) is 6.61 Å². The zero-order chi connectivity index (χ0) is 14.1. The number of aromatic nitrogens is 3. The average molecular weight is 289 g/mol. The Morgan fingerprint density at radius 2 is 2.20 bits per heavy atom. The maximum absolute atomic E-state index is 9.58. The molecule has 0 bridgehead atoms. The van der Waals surface area contributed by atoms with Crippen LogP contribution in [0.2, 0.25) is 0 Å². The molecule has 1 atom stereocenters. The maximum Gasteiger partial charge on any atom is 0.117 e. The van der Waals surface area contributed by atoms with Gasteiger partial charge < -0.3 is 14.8 Å². The van der Waals surface area contributed by atoms with Crippen molar-refractivity contribution in [1.82, 2.24) is 14.5 Å². The molecular formula is C14H15N3O2S. The Morgan fingerprint density at radius 3 is 2.95 bits per heavy atom. The summed E-state index contributed by atoms with van der Waals surface area (Å²) in [6.07, 6.45) is 4.72. The minimum atomic E-state index is -0.756. The van der Waals surface area contributed by atoms with Crippen LogP contribution in [0.15, 0.2) is 35.7 Å². The molecule has 1 aromatic carbocycles. The van der Waals surface area contributed by atoms with Crippen molar-refractivity contribution >= 4 is 33.6 Å². The molecule has 0 aliphatic carbocycles. The number of hydrogen-bond acceptors (Lipinski definition) is 5. The molecule has 104 valence electrons. The lowest BCUT2D eigenvalue weighted by molar-refractivity contribution is 0.0822. The minimum absolute atomic E-state index is 0.244. The van der Waals surface area contributed by atoms with Gasteiger partial charge >= 0.3 is 0 Å². The summed E-state index contributed by atoms with van der Waals surface area (Å²) in [5.41, 5.74) is 1.88. The first kappa shape index (κ1) is 13.4. The molecule has 5 nitrogen and oxygen atoms in total. The van der Waals surface area contributed by atoms with Crippen LogP contribution in [0.1, 0.15) is 0 Å². The second-order valence-corrected chi connectivity index (χ2v) is 5.41. The van der Waals surface area contributed by atoms with Crippen molar-refractivity contribution in [1.29, 1.82) is 0 Å². The van der Waals surface area contributed by atoms with E-state index in [0.717, 1.165) is 26.8 Å². The van der Waals surface area contributed by atoms with Crippen molar-refractivity contribution in [3.8, 4) is 0 Å². The van der Waals surface area contributed by atoms with E-state index in [4.69, 9.17) is 5.11 Å². The van der Waals surface area contributed by atoms with Gasteiger partial charge in [0.1, 0.15) is 11.4 Å². The number of thioether (sulfide) groups is 1. The topological polar surface area (TPSA) is 71.2 Å². The highest BCUT2D eigenvalue weighted by Crippen LogP contribution is 2.27. The van der Waals surface area contributed by atoms with Crippen LogP contribution in [-0.4, -0.2) is 43.7 Å². The van der Waals surface area contributed by atoms with Gasteiger partial charge in [-0.15, -0.1) is 11.8 Å². The normalized spacial score (nSPS) is 13.2. The van der Waals surface area contributed by atoms with Crippen molar-refractivity contribution in [2.24, 2.45) is 0 Å². The van der Waals surface area contributed by atoms with Gasteiger partial charge in [0.15, 0.2) is 0 Å². The second-order valence-electron chi connectivity index (χ2n) is 4.62. The maximum atomic E-state index is 9.58. The van der Waals surface area contributed by atoms with E-state index in [1.54, 1.807) is 18.1 Å². The standard InChI is InChI=1S/C14H15N3O2S/c1-20-14-11-4-9-2-3-17(6-10(19)7-18)13(9)5-12(11)15-8-16-14/h2-5,8,10,18-19H,6-7H2,1H3. The van der Waals surface area contributed by atoms with E-state index in [2.05, 4.69) is 16.0 Å². The average Bonchev–Trinajstić information content (AvgIpc) is 2.86. The van der Waals surface area contributed by atoms with E-state index in [1.807, 2.05) is 29.2 Å². The number of rotatable bonds is 4. The summed E-state index contributed by atoms with van der Waals surface area (Å²) in [4.78, 5) is 8.58. The minimum Gasteiger partial charge on any atom is -0.394 e.